The van der Waals surface area contributed by atoms with Crippen molar-refractivity contribution >= 4 is 10.9 Å². The number of aryl methyl sites for hydroxylation is 2. The van der Waals surface area contributed by atoms with Crippen molar-refractivity contribution in [2.24, 2.45) is 0 Å². The molecule has 0 aliphatic rings. The smallest absolute Gasteiger partial charge is 0.0486 e. The third-order valence-electron chi connectivity index (χ3n) is 2.85. The van der Waals surface area contributed by atoms with Crippen LogP contribution in [0.15, 0.2) is 18.3 Å². The third-order valence-corrected chi connectivity index (χ3v) is 2.85. The van der Waals surface area contributed by atoms with Crippen LogP contribution < -0.4 is 0 Å². The molecular weight excluding hydrogens is 423 g/mol. The van der Waals surface area contributed by atoms with Gasteiger partial charge in [0.1, 0.15) is 0 Å². The fraction of sp³-hybridized carbons (Fsp3) is 0.429. The summed E-state index contributed by atoms with van der Waals surface area (Å²) < 4.78 is 0. The molecule has 1 aromatic heterocycles. The Hall–Kier alpha value is 0.162. The number of H-pyrrole nitrogens is 1. The first-order valence-corrected chi connectivity index (χ1v) is 5.69. The molecule has 2 N–H and O–H groups in total. The normalized spacial score (nSPS) is 11.6. The molecule has 89 valence electrons. The third kappa shape index (κ3) is 3.56. The fourth-order valence-electron chi connectivity index (χ4n) is 2.27. The molecule has 2 rings (SSSR count). The molecule has 0 saturated carbocycles. The van der Waals surface area contributed by atoms with E-state index in [4.69, 9.17) is 5.73 Å². The van der Waals surface area contributed by atoms with E-state index in [0.717, 1.165) is 6.42 Å². The summed E-state index contributed by atoms with van der Waals surface area (Å²) in [5, 5.41) is 1.28. The van der Waals surface area contributed by atoms with Gasteiger partial charge >= 0.3 is 0 Å². The monoisotopic (exact) mass is 442 g/mol. The van der Waals surface area contributed by atoms with Gasteiger partial charge in [0, 0.05) is 61.2 Å². The van der Waals surface area contributed by atoms with Gasteiger partial charge in [0.25, 0.3) is 0 Å². The Bertz CT molecular complexity index is 521. The summed E-state index contributed by atoms with van der Waals surface area (Å²) in [5.41, 5.74) is 12.6. The number of fused-ring (bicyclic) bond motifs is 1. The summed E-state index contributed by atoms with van der Waals surface area (Å²) in [6.07, 6.45) is 2.84. The van der Waals surface area contributed by atoms with E-state index in [-0.39, 0.29) is 44.1 Å². The minimum Gasteiger partial charge on any atom is -0.672 e. The molecule has 0 bridgehead atoms. The van der Waals surface area contributed by atoms with Gasteiger partial charge in [-0.3, -0.25) is 0 Å². The maximum Gasteiger partial charge on any atom is 0.0486 e. The number of aromatic nitrogens is 1. The molecule has 1 aromatic carbocycles. The summed E-state index contributed by atoms with van der Waals surface area (Å²) >= 11 is 0. The zero-order chi connectivity index (χ0) is 11.9. The second-order valence-electron chi connectivity index (χ2n) is 5.38. The Morgan fingerprint density at radius 3 is 2.47 bits per heavy atom. The molecule has 1 radical (unpaired) electrons. The zero-order valence-corrected chi connectivity index (χ0v) is 15.8. The first-order valence-electron chi connectivity index (χ1n) is 5.69. The van der Waals surface area contributed by atoms with E-state index in [1.165, 1.54) is 27.6 Å². The van der Waals surface area contributed by atoms with Crippen LogP contribution in [-0.4, -0.2) is 10.5 Å². The van der Waals surface area contributed by atoms with Gasteiger partial charge in [0.15, 0.2) is 0 Å². The largest absolute Gasteiger partial charge is 0.672 e. The van der Waals surface area contributed by atoms with E-state index in [1.807, 2.05) is 20.0 Å². The molecule has 2 nitrogen and oxygen atoms in total. The first kappa shape index (κ1) is 15.2. The van der Waals surface area contributed by atoms with Crippen molar-refractivity contribution in [1.29, 1.82) is 0 Å². The van der Waals surface area contributed by atoms with Gasteiger partial charge in [0.2, 0.25) is 0 Å². The van der Waals surface area contributed by atoms with Crippen LogP contribution in [0.25, 0.3) is 16.6 Å². The van der Waals surface area contributed by atoms with Crippen LogP contribution in [0.1, 0.15) is 30.5 Å². The summed E-state index contributed by atoms with van der Waals surface area (Å²) in [4.78, 5) is 3.32. The van der Waals surface area contributed by atoms with Crippen molar-refractivity contribution < 1.29 is 44.1 Å². The van der Waals surface area contributed by atoms with Gasteiger partial charge in [-0.05, 0) is 37.5 Å². The Morgan fingerprint density at radius 1 is 1.24 bits per heavy atom. The summed E-state index contributed by atoms with van der Waals surface area (Å²) in [6.45, 7) is 8.15. The molecule has 0 unspecified atom stereocenters. The number of hydrogen-bond donors (Lipinski definition) is 1. The molecule has 0 aliphatic carbocycles. The van der Waals surface area contributed by atoms with Crippen molar-refractivity contribution in [2.75, 3.05) is 0 Å². The van der Waals surface area contributed by atoms with Gasteiger partial charge < -0.3 is 10.7 Å². The molecule has 0 atom stereocenters. The fourth-order valence-corrected chi connectivity index (χ4v) is 2.27. The molecule has 0 amide bonds. The minimum absolute atomic E-state index is 0. The average molecular weight is 442 g/mol. The van der Waals surface area contributed by atoms with Crippen molar-refractivity contribution in [3.8, 4) is 0 Å². The van der Waals surface area contributed by atoms with Crippen LogP contribution in [0.5, 0.6) is 0 Å². The standard InChI is InChI=1S/C14H19N2.Ac/c1-9-5-10(2)13-12(6-9)11(8-16-13)7-14(3,4)15;/h5-6,8,15-16H,7H2,1-4H3;/q-1;. The van der Waals surface area contributed by atoms with Gasteiger partial charge in [-0.25, -0.2) is 0 Å². The van der Waals surface area contributed by atoms with Crippen LogP contribution in [0, 0.1) is 57.9 Å². The molecule has 0 aliphatic heterocycles. The molecular formula is C14H19AcN2-. The van der Waals surface area contributed by atoms with Gasteiger partial charge in [-0.2, -0.15) is 0 Å². The second kappa shape index (κ2) is 5.43. The number of hydrogen-bond acceptors (Lipinski definition) is 0. The van der Waals surface area contributed by atoms with Crippen molar-refractivity contribution in [3.63, 3.8) is 0 Å². The number of rotatable bonds is 2. The van der Waals surface area contributed by atoms with Crippen molar-refractivity contribution in [1.82, 2.24) is 4.98 Å². The SMILES string of the molecule is Cc1cc(C)c2[nH]cc(CC(C)(C)[NH-])c2c1.[Ac]. The first-order chi connectivity index (χ1) is 7.37. The number of aromatic amines is 1. The van der Waals surface area contributed by atoms with E-state index in [9.17, 15) is 0 Å². The number of benzene rings is 1. The van der Waals surface area contributed by atoms with Crippen molar-refractivity contribution in [3.05, 3.63) is 40.8 Å². The van der Waals surface area contributed by atoms with E-state index in [2.05, 4.69) is 31.0 Å². The molecule has 3 heteroatoms. The van der Waals surface area contributed by atoms with Gasteiger partial charge in [-0.1, -0.05) is 25.5 Å². The zero-order valence-electron chi connectivity index (χ0n) is 11.0. The average Bonchev–Trinajstić information content (AvgIpc) is 2.46. The summed E-state index contributed by atoms with van der Waals surface area (Å²) in [5.74, 6) is 0. The van der Waals surface area contributed by atoms with Crippen LogP contribution in [0.4, 0.5) is 0 Å². The predicted molar refractivity (Wildman–Crippen MR) is 69.9 cm³/mol. The molecule has 0 saturated heterocycles. The quantitative estimate of drug-likeness (QED) is 0.726. The van der Waals surface area contributed by atoms with E-state index in [0.29, 0.717) is 0 Å². The maximum absolute atomic E-state index is 7.98. The predicted octanol–water partition coefficient (Wildman–Crippen LogP) is 4.16. The van der Waals surface area contributed by atoms with E-state index < -0.39 is 5.54 Å². The van der Waals surface area contributed by atoms with Gasteiger partial charge in [-0.15, -0.1) is 5.54 Å². The van der Waals surface area contributed by atoms with Crippen LogP contribution in [0.2, 0.25) is 0 Å². The Kier molecular flexibility index (Phi) is 4.86. The minimum atomic E-state index is -0.410. The van der Waals surface area contributed by atoms with Crippen LogP contribution in [-0.2, 0) is 6.42 Å². The summed E-state index contributed by atoms with van der Waals surface area (Å²) in [6, 6.07) is 4.40. The maximum atomic E-state index is 7.98. The van der Waals surface area contributed by atoms with Crippen LogP contribution >= 0.6 is 0 Å². The number of nitrogens with one attached hydrogen (secondary N) is 2. The van der Waals surface area contributed by atoms with Crippen molar-refractivity contribution in [2.45, 2.75) is 39.7 Å². The summed E-state index contributed by atoms with van der Waals surface area (Å²) in [7, 11) is 0. The molecule has 17 heavy (non-hydrogen) atoms. The second-order valence-corrected chi connectivity index (χ2v) is 5.38. The van der Waals surface area contributed by atoms with E-state index >= 15 is 0 Å². The molecule has 1 heterocycles. The van der Waals surface area contributed by atoms with Crippen LogP contribution in [0.3, 0.4) is 0 Å². The Balaban J connectivity index is 0.00000144. The molecule has 0 spiro atoms. The molecule has 0 fully saturated rings. The topological polar surface area (TPSA) is 39.6 Å². The molecule has 2 aromatic rings. The Labute approximate surface area is 139 Å². The van der Waals surface area contributed by atoms with Gasteiger partial charge in [0.05, 0.1) is 0 Å². The van der Waals surface area contributed by atoms with E-state index in [1.54, 1.807) is 0 Å². The Morgan fingerprint density at radius 2 is 1.88 bits per heavy atom.